The number of hydrogen-bond acceptors (Lipinski definition) is 8. The predicted octanol–water partition coefficient (Wildman–Crippen LogP) is 6.03. The number of ether oxygens (including phenoxy) is 5. The molecule has 10 heteroatoms. The van der Waals surface area contributed by atoms with Gasteiger partial charge in [0.05, 0.1) is 18.6 Å². The van der Waals surface area contributed by atoms with Crippen LogP contribution in [0.1, 0.15) is 67.4 Å². The summed E-state index contributed by atoms with van der Waals surface area (Å²) < 4.78 is 30.4. The number of amidine groups is 1. The zero-order chi connectivity index (χ0) is 27.4. The van der Waals surface area contributed by atoms with Gasteiger partial charge in [-0.1, -0.05) is 29.8 Å². The highest BCUT2D eigenvalue weighted by atomic mass is 79.9. The zero-order valence-corrected chi connectivity index (χ0v) is 24.4. The van der Waals surface area contributed by atoms with Gasteiger partial charge in [0, 0.05) is 10.0 Å². The van der Waals surface area contributed by atoms with E-state index in [0.29, 0.717) is 24.9 Å². The maximum absolute atomic E-state index is 13.3. The van der Waals surface area contributed by atoms with Crippen molar-refractivity contribution in [2.75, 3.05) is 19.8 Å². The molecule has 37 heavy (non-hydrogen) atoms. The Bertz CT molecular complexity index is 1070. The van der Waals surface area contributed by atoms with Gasteiger partial charge < -0.3 is 23.7 Å². The lowest BCUT2D eigenvalue weighted by atomic mass is 9.59. The molecule has 2 unspecified atom stereocenters. The van der Waals surface area contributed by atoms with Gasteiger partial charge in [-0.3, -0.25) is 0 Å². The molecule has 0 aromatic heterocycles. The number of carbonyl (C=O) groups excluding carboxylic acids is 2. The van der Waals surface area contributed by atoms with Crippen LogP contribution < -0.4 is 4.74 Å². The van der Waals surface area contributed by atoms with Crippen molar-refractivity contribution in [3.05, 3.63) is 28.2 Å². The van der Waals surface area contributed by atoms with E-state index in [1.54, 1.807) is 41.5 Å². The van der Waals surface area contributed by atoms with E-state index < -0.39 is 34.3 Å². The number of rotatable bonds is 2. The van der Waals surface area contributed by atoms with Gasteiger partial charge in [0.15, 0.2) is 0 Å². The molecule has 2 amide bonds. The number of benzene rings is 1. The fourth-order valence-corrected chi connectivity index (χ4v) is 5.29. The third-order valence-electron chi connectivity index (χ3n) is 6.54. The molecule has 0 radical (unpaired) electrons. The Morgan fingerprint density at radius 1 is 1.08 bits per heavy atom. The molecule has 3 aliphatic rings. The molecule has 204 valence electrons. The Balaban J connectivity index is 1.85. The lowest BCUT2D eigenvalue weighted by molar-refractivity contribution is -0.219. The average Bonchev–Trinajstić information content (AvgIpc) is 3.09. The van der Waals surface area contributed by atoms with Crippen LogP contribution >= 0.6 is 15.9 Å². The van der Waals surface area contributed by atoms with Crippen LogP contribution in [-0.4, -0.2) is 60.2 Å². The molecule has 0 aliphatic carbocycles. The lowest BCUT2D eigenvalue weighted by Gasteiger charge is -2.57. The summed E-state index contributed by atoms with van der Waals surface area (Å²) in [5, 5.41) is 0. The highest BCUT2D eigenvalue weighted by molar-refractivity contribution is 9.10. The summed E-state index contributed by atoms with van der Waals surface area (Å²) >= 11 is 3.58. The first-order valence-corrected chi connectivity index (χ1v) is 13.4. The van der Waals surface area contributed by atoms with Crippen LogP contribution in [0.5, 0.6) is 5.75 Å². The van der Waals surface area contributed by atoms with E-state index in [-0.39, 0.29) is 18.7 Å². The zero-order valence-electron chi connectivity index (χ0n) is 22.8. The molecule has 0 saturated carbocycles. The first-order chi connectivity index (χ1) is 17.1. The smallest absolute Gasteiger partial charge is 0.428 e. The minimum atomic E-state index is -0.945. The third-order valence-corrected chi connectivity index (χ3v) is 7.03. The van der Waals surface area contributed by atoms with E-state index in [0.717, 1.165) is 21.4 Å². The number of carbonyl (C=O) groups is 2. The largest absolute Gasteiger partial charge is 0.489 e. The van der Waals surface area contributed by atoms with E-state index >= 15 is 0 Å². The van der Waals surface area contributed by atoms with Gasteiger partial charge in [0.2, 0.25) is 0 Å². The summed E-state index contributed by atoms with van der Waals surface area (Å²) in [6, 6.07) is 5.63. The van der Waals surface area contributed by atoms with Crippen LogP contribution in [0.15, 0.2) is 27.7 Å². The molecule has 1 saturated heterocycles. The molecule has 2 spiro atoms. The molecule has 4 rings (SSSR count). The highest BCUT2D eigenvalue weighted by Gasteiger charge is 2.68. The van der Waals surface area contributed by atoms with Crippen LogP contribution in [0.3, 0.4) is 0 Å². The van der Waals surface area contributed by atoms with Crippen LogP contribution in [0, 0.1) is 11.3 Å². The van der Waals surface area contributed by atoms with Crippen molar-refractivity contribution < 1.29 is 33.3 Å². The van der Waals surface area contributed by atoms with Crippen molar-refractivity contribution in [1.29, 1.82) is 0 Å². The van der Waals surface area contributed by atoms with Crippen LogP contribution in [0.4, 0.5) is 9.59 Å². The second kappa shape index (κ2) is 9.45. The first kappa shape index (κ1) is 27.7. The molecule has 1 aromatic rings. The SMILES string of the molecule is CC(C)CC1Oc2ccc(Br)cc2C2(COC(N(C(=O)OC(C)(C)C)C(=O)OC(C)(C)C)=N2)C12COC2. The van der Waals surface area contributed by atoms with E-state index in [1.165, 1.54) is 0 Å². The van der Waals surface area contributed by atoms with Gasteiger partial charge >= 0.3 is 18.2 Å². The maximum atomic E-state index is 13.3. The summed E-state index contributed by atoms with van der Waals surface area (Å²) in [7, 11) is 0. The van der Waals surface area contributed by atoms with Crippen molar-refractivity contribution in [1.82, 2.24) is 4.90 Å². The fourth-order valence-electron chi connectivity index (χ4n) is 4.93. The summed E-state index contributed by atoms with van der Waals surface area (Å²) in [4.78, 5) is 32.4. The molecule has 3 aliphatic heterocycles. The van der Waals surface area contributed by atoms with Crippen molar-refractivity contribution in [3.8, 4) is 5.75 Å². The van der Waals surface area contributed by atoms with Crippen molar-refractivity contribution >= 4 is 34.1 Å². The number of imide groups is 1. The Hall–Kier alpha value is -2.33. The number of amides is 2. The molecule has 2 atom stereocenters. The second-order valence-electron chi connectivity index (χ2n) is 12.4. The predicted molar refractivity (Wildman–Crippen MR) is 141 cm³/mol. The topological polar surface area (TPSA) is 95.9 Å². The second-order valence-corrected chi connectivity index (χ2v) is 13.3. The van der Waals surface area contributed by atoms with E-state index in [2.05, 4.69) is 29.8 Å². The van der Waals surface area contributed by atoms with E-state index in [9.17, 15) is 9.59 Å². The van der Waals surface area contributed by atoms with Crippen molar-refractivity contribution in [2.24, 2.45) is 16.3 Å². The quantitative estimate of drug-likeness (QED) is 0.421. The van der Waals surface area contributed by atoms with Crippen LogP contribution in [0.2, 0.25) is 0 Å². The van der Waals surface area contributed by atoms with Crippen LogP contribution in [-0.2, 0) is 24.5 Å². The standard InChI is InChI=1S/C27H37BrN2O7/c1-16(2)11-20-26(13-33-14-26)27(18-12-17(28)9-10-19(18)35-20)15-34-21(29-27)30(22(31)36-24(3,4)5)23(32)37-25(6,7)8/h9-10,12,16,20H,11,13-15H2,1-8H3. The molecule has 1 fully saturated rings. The van der Waals surface area contributed by atoms with E-state index in [4.69, 9.17) is 28.7 Å². The molecular formula is C27H37BrN2O7. The molecule has 9 nitrogen and oxygen atoms in total. The number of fused-ring (bicyclic) bond motifs is 3. The van der Waals surface area contributed by atoms with Gasteiger partial charge in [-0.2, -0.15) is 0 Å². The normalized spacial score (nSPS) is 24.1. The highest BCUT2D eigenvalue weighted by Crippen LogP contribution is 2.60. The molecule has 1 aromatic carbocycles. The van der Waals surface area contributed by atoms with Gasteiger partial charge in [-0.15, -0.1) is 4.90 Å². The van der Waals surface area contributed by atoms with Gasteiger partial charge in [0.25, 0.3) is 0 Å². The fraction of sp³-hybridized carbons (Fsp3) is 0.667. The van der Waals surface area contributed by atoms with Crippen LogP contribution in [0.25, 0.3) is 0 Å². The number of hydrogen-bond donors (Lipinski definition) is 0. The molecule has 0 bridgehead atoms. The lowest BCUT2D eigenvalue weighted by Crippen LogP contribution is -2.67. The summed E-state index contributed by atoms with van der Waals surface area (Å²) in [5.41, 5.74) is -2.38. The van der Waals surface area contributed by atoms with E-state index in [1.807, 2.05) is 18.2 Å². The van der Waals surface area contributed by atoms with Crippen molar-refractivity contribution in [2.45, 2.75) is 84.7 Å². The molecular weight excluding hydrogens is 544 g/mol. The average molecular weight is 582 g/mol. The summed E-state index contributed by atoms with van der Waals surface area (Å²) in [5.74, 6) is 1.06. The summed E-state index contributed by atoms with van der Waals surface area (Å²) in [6.45, 7) is 15.6. The Morgan fingerprint density at radius 2 is 1.68 bits per heavy atom. The minimum absolute atomic E-state index is 0.106. The van der Waals surface area contributed by atoms with Crippen molar-refractivity contribution in [3.63, 3.8) is 0 Å². The van der Waals surface area contributed by atoms with Gasteiger partial charge in [-0.05, 0) is 72.1 Å². The number of aliphatic imine (C=N–C) groups is 1. The Labute approximate surface area is 226 Å². The molecule has 3 heterocycles. The summed E-state index contributed by atoms with van der Waals surface area (Å²) in [6.07, 6.45) is -1.25. The third kappa shape index (κ3) is 5.19. The van der Waals surface area contributed by atoms with Gasteiger partial charge in [0.1, 0.15) is 35.2 Å². The number of nitrogens with zero attached hydrogens (tertiary/aromatic N) is 2. The minimum Gasteiger partial charge on any atom is -0.489 e. The Morgan fingerprint density at radius 3 is 2.16 bits per heavy atom. The number of halogens is 1. The van der Waals surface area contributed by atoms with Gasteiger partial charge in [-0.25, -0.2) is 14.6 Å². The Kier molecular flexibility index (Phi) is 7.07. The molecule has 0 N–H and O–H groups in total. The maximum Gasteiger partial charge on any atom is 0.428 e. The first-order valence-electron chi connectivity index (χ1n) is 12.6. The monoisotopic (exact) mass is 580 g/mol.